The van der Waals surface area contributed by atoms with Gasteiger partial charge in [-0.2, -0.15) is 0 Å². The van der Waals surface area contributed by atoms with E-state index in [1.807, 2.05) is 13.8 Å². The number of ether oxygens (including phenoxy) is 1. The molecule has 0 aliphatic heterocycles. The zero-order valence-electron chi connectivity index (χ0n) is 8.51. The van der Waals surface area contributed by atoms with Gasteiger partial charge in [0.25, 0.3) is 0 Å². The average molecular weight is 237 g/mol. The summed E-state index contributed by atoms with van der Waals surface area (Å²) in [5, 5.41) is 0. The first kappa shape index (κ1) is 11.9. The van der Waals surface area contributed by atoms with Gasteiger partial charge >= 0.3 is 5.97 Å². The Morgan fingerprint density at radius 3 is 2.50 bits per heavy atom. The van der Waals surface area contributed by atoms with Crippen LogP contribution in [0.4, 0.5) is 0 Å². The van der Waals surface area contributed by atoms with Gasteiger partial charge in [-0.05, 0) is 24.3 Å². The Morgan fingerprint density at radius 2 is 2.07 bits per heavy atom. The fourth-order valence-corrected chi connectivity index (χ4v) is 2.08. The van der Waals surface area contributed by atoms with E-state index in [0.717, 1.165) is 0 Å². The zero-order valence-corrected chi connectivity index (χ0v) is 10.0. The van der Waals surface area contributed by atoms with Crippen molar-refractivity contribution in [2.45, 2.75) is 20.8 Å². The first-order valence-electron chi connectivity index (χ1n) is 4.60. The van der Waals surface area contributed by atoms with Crippen LogP contribution in [0.3, 0.4) is 0 Å². The van der Waals surface area contributed by atoms with Crippen molar-refractivity contribution < 1.29 is 9.53 Å². The summed E-state index contributed by atoms with van der Waals surface area (Å²) in [6.45, 7) is 6.22. The number of halogens is 2. The van der Waals surface area contributed by atoms with Crippen molar-refractivity contribution in [1.29, 1.82) is 0 Å². The summed E-state index contributed by atoms with van der Waals surface area (Å²) in [6.07, 6.45) is 1.71. The molecule has 2 nitrogen and oxygen atoms in total. The molecule has 0 amide bonds. The molecular weight excluding hydrogens is 223 g/mol. The number of allylic oxidation sites excluding steroid dienone is 1. The molecule has 1 rings (SSSR count). The van der Waals surface area contributed by atoms with Crippen LogP contribution in [0.25, 0.3) is 0 Å². The minimum absolute atomic E-state index is 0.0821. The molecule has 1 aliphatic carbocycles. The number of carbonyl (C=O) groups excluding carboxylic acids is 1. The van der Waals surface area contributed by atoms with Crippen LogP contribution in [0.1, 0.15) is 20.8 Å². The molecule has 0 aromatic carbocycles. The lowest BCUT2D eigenvalue weighted by Gasteiger charge is -2.01. The lowest BCUT2D eigenvalue weighted by molar-refractivity contribution is -0.145. The van der Waals surface area contributed by atoms with Crippen LogP contribution in [0.15, 0.2) is 10.6 Å². The molecule has 0 saturated heterocycles. The third-order valence-corrected chi connectivity index (χ3v) is 3.01. The van der Waals surface area contributed by atoms with Crippen molar-refractivity contribution >= 4 is 29.2 Å². The van der Waals surface area contributed by atoms with Crippen molar-refractivity contribution in [2.24, 2.45) is 17.3 Å². The van der Waals surface area contributed by atoms with Crippen LogP contribution < -0.4 is 0 Å². The van der Waals surface area contributed by atoms with Crippen LogP contribution in [0.5, 0.6) is 0 Å². The third-order valence-electron chi connectivity index (χ3n) is 2.76. The van der Waals surface area contributed by atoms with Gasteiger partial charge in [0.1, 0.15) is 4.49 Å². The molecular formula is C10H14Cl2O2. The van der Waals surface area contributed by atoms with Gasteiger partial charge < -0.3 is 4.74 Å². The molecule has 80 valence electrons. The number of hydrogen-bond acceptors (Lipinski definition) is 2. The molecule has 0 aromatic rings. The number of hydrogen-bond donors (Lipinski definition) is 0. The minimum atomic E-state index is -0.159. The molecule has 1 aliphatic rings. The molecule has 1 fully saturated rings. The summed E-state index contributed by atoms with van der Waals surface area (Å²) >= 11 is 11.1. The molecule has 0 heterocycles. The van der Waals surface area contributed by atoms with E-state index < -0.39 is 0 Å². The van der Waals surface area contributed by atoms with E-state index in [1.165, 1.54) is 0 Å². The van der Waals surface area contributed by atoms with E-state index in [2.05, 4.69) is 0 Å². The molecule has 0 unspecified atom stereocenters. The molecule has 2 atom stereocenters. The number of rotatable bonds is 3. The van der Waals surface area contributed by atoms with Gasteiger partial charge in [-0.1, -0.05) is 37.0 Å². The third kappa shape index (κ3) is 2.23. The van der Waals surface area contributed by atoms with Crippen LogP contribution >= 0.6 is 23.2 Å². The van der Waals surface area contributed by atoms with E-state index in [1.54, 1.807) is 13.0 Å². The van der Waals surface area contributed by atoms with Crippen molar-refractivity contribution in [2.75, 3.05) is 6.61 Å². The highest BCUT2D eigenvalue weighted by Crippen LogP contribution is 2.60. The van der Waals surface area contributed by atoms with E-state index in [-0.39, 0.29) is 27.7 Å². The quantitative estimate of drug-likeness (QED) is 0.705. The average Bonchev–Trinajstić information content (AvgIpc) is 2.52. The summed E-state index contributed by atoms with van der Waals surface area (Å²) in [5.74, 6) is -0.158. The smallest absolute Gasteiger partial charge is 0.310 e. The zero-order chi connectivity index (χ0) is 10.9. The second-order valence-electron chi connectivity index (χ2n) is 4.03. The maximum atomic E-state index is 11.5. The summed E-state index contributed by atoms with van der Waals surface area (Å²) in [4.78, 5) is 11.5. The Hall–Kier alpha value is -0.210. The largest absolute Gasteiger partial charge is 0.466 e. The van der Waals surface area contributed by atoms with Crippen LogP contribution in [0.2, 0.25) is 0 Å². The Balaban J connectivity index is 2.66. The summed E-state index contributed by atoms with van der Waals surface area (Å²) in [5.41, 5.74) is -0.0821. The molecule has 0 radical (unpaired) electrons. The highest BCUT2D eigenvalue weighted by atomic mass is 35.5. The monoisotopic (exact) mass is 236 g/mol. The Bertz CT molecular complexity index is 267. The van der Waals surface area contributed by atoms with Gasteiger partial charge in [-0.3, -0.25) is 4.79 Å². The summed E-state index contributed by atoms with van der Waals surface area (Å²) in [7, 11) is 0. The van der Waals surface area contributed by atoms with Gasteiger partial charge in [0, 0.05) is 0 Å². The van der Waals surface area contributed by atoms with Crippen molar-refractivity contribution in [1.82, 2.24) is 0 Å². The van der Waals surface area contributed by atoms with Gasteiger partial charge in [0.05, 0.1) is 12.5 Å². The maximum absolute atomic E-state index is 11.5. The predicted molar refractivity (Wildman–Crippen MR) is 57.2 cm³/mol. The molecule has 0 spiro atoms. The Morgan fingerprint density at radius 1 is 1.50 bits per heavy atom. The molecule has 0 bridgehead atoms. The molecule has 0 aromatic heterocycles. The van der Waals surface area contributed by atoms with E-state index in [9.17, 15) is 4.79 Å². The van der Waals surface area contributed by atoms with Crippen molar-refractivity contribution in [3.05, 3.63) is 10.6 Å². The van der Waals surface area contributed by atoms with Gasteiger partial charge in [-0.15, -0.1) is 0 Å². The van der Waals surface area contributed by atoms with Gasteiger partial charge in [0.2, 0.25) is 0 Å². The van der Waals surface area contributed by atoms with Gasteiger partial charge in [0.15, 0.2) is 0 Å². The molecule has 14 heavy (non-hydrogen) atoms. The highest BCUT2D eigenvalue weighted by molar-refractivity contribution is 6.55. The predicted octanol–water partition coefficient (Wildman–Crippen LogP) is 3.14. The first-order chi connectivity index (χ1) is 6.41. The normalized spacial score (nSPS) is 28.1. The lowest BCUT2D eigenvalue weighted by Crippen LogP contribution is -2.10. The fraction of sp³-hybridized carbons (Fsp3) is 0.700. The fourth-order valence-electron chi connectivity index (χ4n) is 1.81. The number of carbonyl (C=O) groups is 1. The maximum Gasteiger partial charge on any atom is 0.310 e. The second kappa shape index (κ2) is 4.11. The summed E-state index contributed by atoms with van der Waals surface area (Å²) < 4.78 is 5.18. The van der Waals surface area contributed by atoms with Crippen LogP contribution in [0, 0.1) is 17.3 Å². The van der Waals surface area contributed by atoms with Gasteiger partial charge in [-0.25, -0.2) is 0 Å². The minimum Gasteiger partial charge on any atom is -0.466 e. The molecule has 0 N–H and O–H groups in total. The summed E-state index contributed by atoms with van der Waals surface area (Å²) in [6, 6.07) is 0. The Labute approximate surface area is 94.2 Å². The van der Waals surface area contributed by atoms with E-state index in [4.69, 9.17) is 27.9 Å². The highest BCUT2D eigenvalue weighted by Gasteiger charge is 2.61. The second-order valence-corrected chi connectivity index (χ2v) is 5.04. The van der Waals surface area contributed by atoms with Crippen LogP contribution in [-0.2, 0) is 9.53 Å². The SMILES string of the molecule is CCOC(=O)[C@@H]1[C@@H](C=C(Cl)Cl)C1(C)C. The molecule has 1 saturated carbocycles. The first-order valence-corrected chi connectivity index (χ1v) is 5.36. The van der Waals surface area contributed by atoms with Crippen LogP contribution in [-0.4, -0.2) is 12.6 Å². The Kier molecular flexibility index (Phi) is 3.49. The number of esters is 1. The standard InChI is InChI=1S/C10H14Cl2O2/c1-4-14-9(13)8-6(5-7(11)12)10(8,2)3/h5-6,8H,4H2,1-3H3/t6-,8+/m1/s1. The van der Waals surface area contributed by atoms with Crippen molar-refractivity contribution in [3.8, 4) is 0 Å². The topological polar surface area (TPSA) is 26.3 Å². The lowest BCUT2D eigenvalue weighted by atomic mass is 10.1. The van der Waals surface area contributed by atoms with Crippen molar-refractivity contribution in [3.63, 3.8) is 0 Å². The molecule has 4 heteroatoms. The van der Waals surface area contributed by atoms with E-state index in [0.29, 0.717) is 6.61 Å². The van der Waals surface area contributed by atoms with E-state index >= 15 is 0 Å².